The molecule has 1 saturated heterocycles. The molecule has 1 fully saturated rings. The van der Waals surface area contributed by atoms with Crippen LogP contribution in [-0.4, -0.2) is 59.7 Å². The average molecular weight is 559 g/mol. The van der Waals surface area contributed by atoms with E-state index in [-0.39, 0.29) is 11.7 Å². The summed E-state index contributed by atoms with van der Waals surface area (Å²) in [6, 6.07) is 7.53. The second-order valence-electron chi connectivity index (χ2n) is 9.91. The summed E-state index contributed by atoms with van der Waals surface area (Å²) < 4.78 is 36.3. The lowest BCUT2D eigenvalue weighted by Crippen LogP contribution is -2.48. The van der Waals surface area contributed by atoms with Gasteiger partial charge >= 0.3 is 6.18 Å². The van der Waals surface area contributed by atoms with Crippen LogP contribution in [0.3, 0.4) is 0 Å². The van der Waals surface area contributed by atoms with Crippen LogP contribution in [0, 0.1) is 0 Å². The Morgan fingerprint density at radius 2 is 1.87 bits per heavy atom. The number of carbonyl (C=O) groups excluding carboxylic acids is 2. The number of ketones is 1. The number of likely N-dealkylation sites (N-methyl/N-ethyl adjacent to an activating group) is 1. The van der Waals surface area contributed by atoms with Crippen molar-refractivity contribution in [1.29, 1.82) is 0 Å². The molecule has 1 amide bonds. The summed E-state index contributed by atoms with van der Waals surface area (Å²) in [6.07, 6.45) is 1.09. The lowest BCUT2D eigenvalue weighted by Gasteiger charge is -2.33. The Labute approximate surface area is 231 Å². The Morgan fingerprint density at radius 1 is 1.08 bits per heavy atom. The number of thiophene rings is 1. The third-order valence-electron chi connectivity index (χ3n) is 7.08. The molecule has 0 aliphatic carbocycles. The van der Waals surface area contributed by atoms with E-state index in [9.17, 15) is 22.8 Å². The highest BCUT2D eigenvalue weighted by Crippen LogP contribution is 2.31. The smallest absolute Gasteiger partial charge is 0.359 e. The molecule has 0 bridgehead atoms. The van der Waals surface area contributed by atoms with Crippen LogP contribution in [0.2, 0.25) is 0 Å². The highest BCUT2D eigenvalue weighted by molar-refractivity contribution is 7.10. The van der Waals surface area contributed by atoms with E-state index in [4.69, 9.17) is 0 Å². The number of pyridine rings is 1. The number of halogens is 3. The number of aryl methyl sites for hydroxylation is 1. The Balaban J connectivity index is 0.000000247. The van der Waals surface area contributed by atoms with E-state index < -0.39 is 11.7 Å². The van der Waals surface area contributed by atoms with Gasteiger partial charge in [-0.05, 0) is 48.6 Å². The van der Waals surface area contributed by atoms with Gasteiger partial charge in [0.25, 0.3) is 0 Å². The summed E-state index contributed by atoms with van der Waals surface area (Å²) in [5.41, 5.74) is 4.46. The molecule has 6 nitrogen and oxygen atoms in total. The average Bonchev–Trinajstić information content (AvgIpc) is 3.34. The molecule has 5 rings (SSSR count). The molecule has 10 heteroatoms. The van der Waals surface area contributed by atoms with Gasteiger partial charge in [-0.15, -0.1) is 11.3 Å². The van der Waals surface area contributed by atoms with Gasteiger partial charge in [0.2, 0.25) is 5.91 Å². The summed E-state index contributed by atoms with van der Waals surface area (Å²) in [7, 11) is 1.85. The number of anilines is 1. The molecule has 3 aromatic rings. The number of hydrogen-bond acceptors (Lipinski definition) is 6. The van der Waals surface area contributed by atoms with E-state index in [1.807, 2.05) is 31.7 Å². The summed E-state index contributed by atoms with van der Waals surface area (Å²) in [5, 5.41) is 2.00. The van der Waals surface area contributed by atoms with Gasteiger partial charge in [0.15, 0.2) is 5.78 Å². The summed E-state index contributed by atoms with van der Waals surface area (Å²) in [4.78, 5) is 35.7. The molecule has 0 atom stereocenters. The number of fused-ring (bicyclic) bond motifs is 1. The predicted octanol–water partition coefficient (Wildman–Crippen LogP) is 5.45. The maximum atomic E-state index is 12.1. The second-order valence-corrected chi connectivity index (χ2v) is 10.9. The van der Waals surface area contributed by atoms with Crippen LogP contribution in [0.4, 0.5) is 18.9 Å². The van der Waals surface area contributed by atoms with E-state index in [0.717, 1.165) is 62.0 Å². The monoisotopic (exact) mass is 558 g/mol. The molecule has 0 radical (unpaired) electrons. The molecule has 0 saturated carbocycles. The first kappa shape index (κ1) is 28.8. The maximum absolute atomic E-state index is 12.1. The van der Waals surface area contributed by atoms with Crippen molar-refractivity contribution in [3.63, 3.8) is 0 Å². The predicted molar refractivity (Wildman–Crippen MR) is 147 cm³/mol. The van der Waals surface area contributed by atoms with Crippen molar-refractivity contribution in [3.8, 4) is 0 Å². The fourth-order valence-corrected chi connectivity index (χ4v) is 5.93. The molecule has 0 N–H and O–H groups in total. The van der Waals surface area contributed by atoms with Gasteiger partial charge in [-0.25, -0.2) is 0 Å². The lowest BCUT2D eigenvalue weighted by atomic mass is 10.0. The number of Topliss-reactive ketones (excluding diaryl/α,β-unsaturated/α-hetero) is 1. The van der Waals surface area contributed by atoms with Crippen LogP contribution in [0.1, 0.15) is 51.3 Å². The molecule has 39 heavy (non-hydrogen) atoms. The second kappa shape index (κ2) is 12.3. The minimum Gasteiger partial charge on any atom is -0.359 e. The van der Waals surface area contributed by atoms with Gasteiger partial charge in [-0.2, -0.15) is 13.2 Å². The van der Waals surface area contributed by atoms with Crippen molar-refractivity contribution < 1.29 is 22.8 Å². The zero-order valence-corrected chi connectivity index (χ0v) is 23.2. The zero-order chi connectivity index (χ0) is 28.2. The third kappa shape index (κ3) is 7.24. The van der Waals surface area contributed by atoms with Crippen LogP contribution >= 0.6 is 11.3 Å². The molecule has 2 aliphatic heterocycles. The number of aromatic nitrogens is 1. The van der Waals surface area contributed by atoms with E-state index >= 15 is 0 Å². The van der Waals surface area contributed by atoms with Crippen molar-refractivity contribution in [2.24, 2.45) is 0 Å². The summed E-state index contributed by atoms with van der Waals surface area (Å²) in [5.74, 6) is 0.314. The van der Waals surface area contributed by atoms with E-state index in [0.29, 0.717) is 18.5 Å². The highest BCUT2D eigenvalue weighted by atomic mass is 32.1. The van der Waals surface area contributed by atoms with Crippen LogP contribution in [-0.2, 0) is 36.9 Å². The van der Waals surface area contributed by atoms with E-state index in [1.54, 1.807) is 29.2 Å². The normalized spacial score (nSPS) is 16.0. The first-order chi connectivity index (χ1) is 18.5. The van der Waals surface area contributed by atoms with Gasteiger partial charge in [0.05, 0.1) is 24.0 Å². The van der Waals surface area contributed by atoms with Crippen molar-refractivity contribution in [3.05, 3.63) is 80.8 Å². The van der Waals surface area contributed by atoms with Crippen molar-refractivity contribution in [2.75, 3.05) is 38.1 Å². The fourth-order valence-electron chi connectivity index (χ4n) is 4.75. The molecule has 2 aliphatic rings. The summed E-state index contributed by atoms with van der Waals surface area (Å²) in [6.45, 7) is 8.13. The maximum Gasteiger partial charge on any atom is 0.416 e. The number of piperazine rings is 1. The van der Waals surface area contributed by atoms with Gasteiger partial charge in [-0.3, -0.25) is 19.5 Å². The molecular formula is C29H33F3N4O2S. The van der Waals surface area contributed by atoms with E-state index in [1.165, 1.54) is 22.6 Å². The zero-order valence-electron chi connectivity index (χ0n) is 22.4. The van der Waals surface area contributed by atoms with Crippen LogP contribution in [0.15, 0.2) is 48.1 Å². The Bertz CT molecular complexity index is 1320. The molecular weight excluding hydrogens is 525 g/mol. The van der Waals surface area contributed by atoms with Crippen molar-refractivity contribution in [1.82, 2.24) is 14.8 Å². The first-order valence-corrected chi connectivity index (χ1v) is 13.8. The Kier molecular flexibility index (Phi) is 9.07. The number of benzene rings is 1. The lowest BCUT2D eigenvalue weighted by molar-refractivity contribution is -0.137. The molecule has 208 valence electrons. The number of rotatable bonds is 5. The largest absolute Gasteiger partial charge is 0.416 e. The fraction of sp³-hybridized carbons (Fsp3) is 0.414. The van der Waals surface area contributed by atoms with Crippen LogP contribution in [0.25, 0.3) is 0 Å². The molecule has 0 unspecified atom stereocenters. The molecule has 0 spiro atoms. The van der Waals surface area contributed by atoms with E-state index in [2.05, 4.69) is 20.9 Å². The van der Waals surface area contributed by atoms with Gasteiger partial charge in [0.1, 0.15) is 0 Å². The Morgan fingerprint density at radius 3 is 2.56 bits per heavy atom. The number of alkyl halides is 3. The number of amides is 1. The SMILES string of the molecule is CC(=O)c1csc2c1CCN(Cc1cncc(N3CCN(C)C(=O)C3)c1)C2.CCc1cccc(C(F)(F)F)c1. The van der Waals surface area contributed by atoms with Crippen LogP contribution in [0.5, 0.6) is 0 Å². The number of nitrogens with zero attached hydrogens (tertiary/aromatic N) is 4. The van der Waals surface area contributed by atoms with Crippen LogP contribution < -0.4 is 4.90 Å². The summed E-state index contributed by atoms with van der Waals surface area (Å²) >= 11 is 1.69. The molecule has 1 aromatic carbocycles. The minimum atomic E-state index is -4.22. The molecule has 2 aromatic heterocycles. The quantitative estimate of drug-likeness (QED) is 0.390. The topological polar surface area (TPSA) is 56.8 Å². The standard InChI is InChI=1S/C20H24N4O2S.C9H9F3/c1-14(25)18-13-27-19-11-23(4-3-17(18)19)10-15-7-16(9-21-8-15)24-6-5-22(2)20(26)12-24;1-2-7-4-3-5-8(6-7)9(10,11)12/h7-9,13H,3-6,10-12H2,1-2H3;3-6H,2H2,1H3. The first-order valence-electron chi connectivity index (χ1n) is 13.0. The van der Waals surface area contributed by atoms with Gasteiger partial charge < -0.3 is 9.80 Å². The molecule has 4 heterocycles. The number of carbonyl (C=O) groups is 2. The van der Waals surface area contributed by atoms with Gasteiger partial charge in [-0.1, -0.05) is 25.1 Å². The van der Waals surface area contributed by atoms with Crippen molar-refractivity contribution in [2.45, 2.75) is 46.0 Å². The number of hydrogen-bond donors (Lipinski definition) is 0. The van der Waals surface area contributed by atoms with Gasteiger partial charge in [0, 0.05) is 61.8 Å². The highest BCUT2D eigenvalue weighted by Gasteiger charge is 2.30. The van der Waals surface area contributed by atoms with Crippen molar-refractivity contribution >= 4 is 28.7 Å². The third-order valence-corrected chi connectivity index (χ3v) is 8.09. The minimum absolute atomic E-state index is 0.147. The Hall–Kier alpha value is -3.24.